The van der Waals surface area contributed by atoms with E-state index in [4.69, 9.17) is 17.3 Å². The molecule has 100 valence electrons. The molecule has 0 aliphatic rings. The zero-order chi connectivity index (χ0) is 14.0. The Balaban J connectivity index is 2.07. The van der Waals surface area contributed by atoms with Crippen LogP contribution in [-0.4, -0.2) is 20.7 Å². The molecule has 1 heterocycles. The van der Waals surface area contributed by atoms with Gasteiger partial charge in [0.15, 0.2) is 0 Å². The molecule has 0 fully saturated rings. The lowest BCUT2D eigenvalue weighted by Crippen LogP contribution is -2.21. The van der Waals surface area contributed by atoms with Gasteiger partial charge in [-0.2, -0.15) is 5.10 Å². The summed E-state index contributed by atoms with van der Waals surface area (Å²) in [5.41, 5.74) is 6.72. The van der Waals surface area contributed by atoms with Crippen LogP contribution in [0.25, 0.3) is 0 Å². The molecule has 0 radical (unpaired) electrons. The number of halogens is 1. The van der Waals surface area contributed by atoms with E-state index in [0.29, 0.717) is 28.0 Å². The number of nitrogens with two attached hydrogens (primary N) is 1. The summed E-state index contributed by atoms with van der Waals surface area (Å²) in [6, 6.07) is 4.91. The number of carbonyl (C=O) groups is 1. The van der Waals surface area contributed by atoms with Crippen molar-refractivity contribution < 1.29 is 4.79 Å². The largest absolute Gasteiger partial charge is 0.397 e. The summed E-state index contributed by atoms with van der Waals surface area (Å²) >= 11 is 5.79. The Hall–Kier alpha value is -2.08. The van der Waals surface area contributed by atoms with Crippen molar-refractivity contribution in [3.05, 3.63) is 34.9 Å². The zero-order valence-corrected chi connectivity index (χ0v) is 11.4. The van der Waals surface area contributed by atoms with Crippen LogP contribution in [0.15, 0.2) is 18.2 Å². The second-order valence-electron chi connectivity index (χ2n) is 4.14. The summed E-state index contributed by atoms with van der Waals surface area (Å²) in [6.07, 6.45) is 0. The number of rotatable bonds is 3. The molecule has 0 aliphatic heterocycles. The van der Waals surface area contributed by atoms with Gasteiger partial charge in [0.1, 0.15) is 18.2 Å². The minimum absolute atomic E-state index is 0.0920. The molecular formula is C12H14ClN5O. The maximum Gasteiger partial charge on any atom is 0.246 e. The molecule has 1 aromatic carbocycles. The van der Waals surface area contributed by atoms with Crippen molar-refractivity contribution in [3.8, 4) is 0 Å². The minimum atomic E-state index is -0.220. The first-order valence-electron chi connectivity index (χ1n) is 5.68. The predicted molar refractivity (Wildman–Crippen MR) is 74.0 cm³/mol. The molecule has 0 saturated heterocycles. The first-order valence-corrected chi connectivity index (χ1v) is 6.06. The second kappa shape index (κ2) is 5.27. The zero-order valence-electron chi connectivity index (χ0n) is 10.6. The van der Waals surface area contributed by atoms with E-state index in [-0.39, 0.29) is 12.5 Å². The summed E-state index contributed by atoms with van der Waals surface area (Å²) in [6.45, 7) is 3.66. The normalized spacial score (nSPS) is 10.5. The van der Waals surface area contributed by atoms with Gasteiger partial charge in [0.05, 0.1) is 11.4 Å². The van der Waals surface area contributed by atoms with Crippen molar-refractivity contribution in [3.63, 3.8) is 0 Å². The van der Waals surface area contributed by atoms with E-state index < -0.39 is 0 Å². The van der Waals surface area contributed by atoms with Gasteiger partial charge in [-0.15, -0.1) is 0 Å². The fraction of sp³-hybridized carbons (Fsp3) is 0.250. The number of aromatic nitrogens is 3. The van der Waals surface area contributed by atoms with Crippen molar-refractivity contribution in [1.82, 2.24) is 14.8 Å². The van der Waals surface area contributed by atoms with Crippen LogP contribution in [0.1, 0.15) is 11.6 Å². The Labute approximate surface area is 115 Å². The Morgan fingerprint density at radius 3 is 2.79 bits per heavy atom. The number of amides is 1. The average Bonchev–Trinajstić information content (AvgIpc) is 2.61. The summed E-state index contributed by atoms with van der Waals surface area (Å²) in [7, 11) is 0. The van der Waals surface area contributed by atoms with Crippen LogP contribution in [0.4, 0.5) is 11.4 Å². The van der Waals surface area contributed by atoms with Crippen molar-refractivity contribution in [2.45, 2.75) is 20.4 Å². The highest BCUT2D eigenvalue weighted by Gasteiger charge is 2.09. The summed E-state index contributed by atoms with van der Waals surface area (Å²) in [5, 5.41) is 7.36. The highest BCUT2D eigenvalue weighted by molar-refractivity contribution is 6.31. The molecule has 2 aromatic rings. The third-order valence-corrected chi connectivity index (χ3v) is 2.78. The molecule has 19 heavy (non-hydrogen) atoms. The number of anilines is 2. The van der Waals surface area contributed by atoms with Gasteiger partial charge in [-0.1, -0.05) is 11.6 Å². The van der Waals surface area contributed by atoms with E-state index in [2.05, 4.69) is 15.4 Å². The number of nitrogen functional groups attached to an aromatic ring is 1. The molecule has 1 aromatic heterocycles. The van der Waals surface area contributed by atoms with E-state index in [1.807, 2.05) is 0 Å². The lowest BCUT2D eigenvalue weighted by Gasteiger charge is -2.08. The van der Waals surface area contributed by atoms with Crippen LogP contribution in [0, 0.1) is 13.8 Å². The molecule has 0 bridgehead atoms. The van der Waals surface area contributed by atoms with Crippen LogP contribution < -0.4 is 11.1 Å². The van der Waals surface area contributed by atoms with Gasteiger partial charge in [-0.05, 0) is 32.0 Å². The smallest absolute Gasteiger partial charge is 0.246 e. The predicted octanol–water partition coefficient (Wildman–Crippen LogP) is 1.77. The van der Waals surface area contributed by atoms with Gasteiger partial charge in [-0.25, -0.2) is 9.67 Å². The summed E-state index contributed by atoms with van der Waals surface area (Å²) < 4.78 is 1.54. The molecule has 0 saturated carbocycles. The molecule has 1 amide bonds. The maximum atomic E-state index is 11.9. The molecule has 7 heteroatoms. The van der Waals surface area contributed by atoms with Crippen molar-refractivity contribution in [2.75, 3.05) is 11.1 Å². The van der Waals surface area contributed by atoms with Crippen molar-refractivity contribution in [1.29, 1.82) is 0 Å². The number of benzene rings is 1. The lowest BCUT2D eigenvalue weighted by molar-refractivity contribution is -0.116. The molecule has 6 nitrogen and oxygen atoms in total. The number of aryl methyl sites for hydroxylation is 2. The van der Waals surface area contributed by atoms with E-state index in [9.17, 15) is 4.79 Å². The van der Waals surface area contributed by atoms with Crippen LogP contribution in [0.2, 0.25) is 5.02 Å². The van der Waals surface area contributed by atoms with Gasteiger partial charge in [0, 0.05) is 5.02 Å². The van der Waals surface area contributed by atoms with E-state index in [0.717, 1.165) is 0 Å². The van der Waals surface area contributed by atoms with Crippen LogP contribution >= 0.6 is 11.6 Å². The highest BCUT2D eigenvalue weighted by atomic mass is 35.5. The van der Waals surface area contributed by atoms with Gasteiger partial charge >= 0.3 is 0 Å². The van der Waals surface area contributed by atoms with E-state index >= 15 is 0 Å². The molecular weight excluding hydrogens is 266 g/mol. The number of nitrogens with one attached hydrogen (secondary N) is 1. The molecule has 0 aliphatic carbocycles. The first-order chi connectivity index (χ1) is 8.95. The number of hydrogen-bond donors (Lipinski definition) is 2. The van der Waals surface area contributed by atoms with Crippen LogP contribution in [0.5, 0.6) is 0 Å². The molecule has 3 N–H and O–H groups in total. The Bertz CT molecular complexity index is 623. The Morgan fingerprint density at radius 1 is 1.47 bits per heavy atom. The van der Waals surface area contributed by atoms with E-state index in [1.165, 1.54) is 4.68 Å². The maximum absolute atomic E-state index is 11.9. The quantitative estimate of drug-likeness (QED) is 0.839. The van der Waals surface area contributed by atoms with Gasteiger partial charge in [0.2, 0.25) is 5.91 Å². The molecule has 2 rings (SSSR count). The fourth-order valence-corrected chi connectivity index (χ4v) is 1.86. The Kier molecular flexibility index (Phi) is 3.71. The van der Waals surface area contributed by atoms with Crippen LogP contribution in [-0.2, 0) is 11.3 Å². The number of nitrogens with zero attached hydrogens (tertiary/aromatic N) is 3. The van der Waals surface area contributed by atoms with Gasteiger partial charge < -0.3 is 11.1 Å². The standard InChI is InChI=1S/C12H14ClN5O/c1-7-15-8(2)18(17-7)6-12(19)16-11-4-3-9(13)5-10(11)14/h3-5H,6,14H2,1-2H3,(H,16,19). The van der Waals surface area contributed by atoms with Crippen molar-refractivity contribution >= 4 is 28.9 Å². The highest BCUT2D eigenvalue weighted by Crippen LogP contribution is 2.22. The molecule has 0 unspecified atom stereocenters. The second-order valence-corrected chi connectivity index (χ2v) is 4.58. The molecule has 0 spiro atoms. The average molecular weight is 280 g/mol. The minimum Gasteiger partial charge on any atom is -0.397 e. The van der Waals surface area contributed by atoms with Gasteiger partial charge in [0.25, 0.3) is 0 Å². The van der Waals surface area contributed by atoms with Crippen LogP contribution in [0.3, 0.4) is 0 Å². The summed E-state index contributed by atoms with van der Waals surface area (Å²) in [4.78, 5) is 16.0. The SMILES string of the molecule is Cc1nc(C)n(CC(=O)Nc2ccc(Cl)cc2N)n1. The lowest BCUT2D eigenvalue weighted by atomic mass is 10.2. The monoisotopic (exact) mass is 279 g/mol. The third kappa shape index (κ3) is 3.23. The number of carbonyl (C=O) groups excluding carboxylic acids is 1. The van der Waals surface area contributed by atoms with E-state index in [1.54, 1.807) is 32.0 Å². The number of hydrogen-bond acceptors (Lipinski definition) is 4. The molecule has 0 atom stereocenters. The summed E-state index contributed by atoms with van der Waals surface area (Å²) in [5.74, 6) is 1.11. The fourth-order valence-electron chi connectivity index (χ4n) is 1.68. The topological polar surface area (TPSA) is 85.8 Å². The third-order valence-electron chi connectivity index (χ3n) is 2.54. The van der Waals surface area contributed by atoms with Crippen molar-refractivity contribution in [2.24, 2.45) is 0 Å². The first kappa shape index (κ1) is 13.4. The van der Waals surface area contributed by atoms with Gasteiger partial charge in [-0.3, -0.25) is 4.79 Å². The Morgan fingerprint density at radius 2 is 2.21 bits per heavy atom.